The van der Waals surface area contributed by atoms with E-state index in [4.69, 9.17) is 26.0 Å². The predicted octanol–water partition coefficient (Wildman–Crippen LogP) is 6.82. The quantitative estimate of drug-likeness (QED) is 0.313. The van der Waals surface area contributed by atoms with Gasteiger partial charge in [0, 0.05) is 27.7 Å². The van der Waals surface area contributed by atoms with Crippen molar-refractivity contribution in [2.24, 2.45) is 5.92 Å². The van der Waals surface area contributed by atoms with Gasteiger partial charge in [0.15, 0.2) is 5.76 Å². The highest BCUT2D eigenvalue weighted by Crippen LogP contribution is 2.33. The van der Waals surface area contributed by atoms with Gasteiger partial charge in [0.05, 0.1) is 5.92 Å². The Morgan fingerprint density at radius 1 is 1.18 bits per heavy atom. The summed E-state index contributed by atoms with van der Waals surface area (Å²) in [5.74, 6) is 0.505. The Kier molecular flexibility index (Phi) is 9.01. The third-order valence-electron chi connectivity index (χ3n) is 5.23. The van der Waals surface area contributed by atoms with Crippen LogP contribution in [-0.4, -0.2) is 28.1 Å². The number of nitrogens with one attached hydrogen (secondary N) is 1. The van der Waals surface area contributed by atoms with Crippen LogP contribution in [0, 0.1) is 5.92 Å². The molecule has 7 nitrogen and oxygen atoms in total. The molecule has 0 aliphatic rings. The van der Waals surface area contributed by atoms with Crippen molar-refractivity contribution in [3.05, 3.63) is 70.4 Å². The molecule has 1 amide bonds. The van der Waals surface area contributed by atoms with Crippen molar-refractivity contribution in [1.82, 2.24) is 5.16 Å². The minimum Gasteiger partial charge on any atom is -0.481 e. The van der Waals surface area contributed by atoms with E-state index in [1.54, 1.807) is 31.7 Å². The number of carboxylic acids is 1. The fraction of sp³-hybridized carbons (Fsp3) is 0.320. The molecule has 0 aliphatic heterocycles. The third kappa shape index (κ3) is 6.55. The van der Waals surface area contributed by atoms with Crippen molar-refractivity contribution in [2.75, 3.05) is 11.1 Å². The maximum absolute atomic E-state index is 12.6. The summed E-state index contributed by atoms with van der Waals surface area (Å²) in [5, 5.41) is 16.4. The van der Waals surface area contributed by atoms with Gasteiger partial charge >= 0.3 is 12.1 Å². The van der Waals surface area contributed by atoms with Crippen molar-refractivity contribution in [3.63, 3.8) is 0 Å². The molecule has 0 aliphatic carbocycles. The van der Waals surface area contributed by atoms with E-state index in [1.807, 2.05) is 49.4 Å². The number of thioether (sulfide) groups is 1. The third-order valence-corrected chi connectivity index (χ3v) is 6.84. The number of ether oxygens (including phenoxy) is 1. The summed E-state index contributed by atoms with van der Waals surface area (Å²) in [6.45, 7) is 5.37. The van der Waals surface area contributed by atoms with Crippen LogP contribution in [0.15, 0.2) is 53.1 Å². The van der Waals surface area contributed by atoms with E-state index >= 15 is 0 Å². The zero-order chi connectivity index (χ0) is 24.7. The molecule has 0 radical (unpaired) electrons. The van der Waals surface area contributed by atoms with Crippen LogP contribution < -0.4 is 5.32 Å². The Bertz CT molecular complexity index is 1130. The molecule has 3 aromatic rings. The van der Waals surface area contributed by atoms with Gasteiger partial charge < -0.3 is 14.4 Å². The summed E-state index contributed by atoms with van der Waals surface area (Å²) in [4.78, 5) is 23.6. The van der Waals surface area contributed by atoms with Crippen LogP contribution in [0.3, 0.4) is 0 Å². The molecule has 180 valence electrons. The lowest BCUT2D eigenvalue weighted by molar-refractivity contribution is -0.140. The SMILES string of the molecule is CCc1noc(-c2ccc(CSCC(C)C(=O)O)cc2)c1NC(=O)OC(C)c1ccccc1Cl. The molecule has 2 unspecified atom stereocenters. The number of carboxylic acid groups (broad SMARTS) is 1. The topological polar surface area (TPSA) is 102 Å². The van der Waals surface area contributed by atoms with Crippen LogP contribution in [0.2, 0.25) is 5.02 Å². The molecule has 9 heteroatoms. The number of halogens is 1. The van der Waals surface area contributed by atoms with Gasteiger partial charge in [0.1, 0.15) is 17.5 Å². The Hall–Kier alpha value is -2.97. The largest absolute Gasteiger partial charge is 0.481 e. The Labute approximate surface area is 207 Å². The molecule has 1 heterocycles. The zero-order valence-electron chi connectivity index (χ0n) is 19.2. The molecule has 0 saturated heterocycles. The molecule has 2 atom stereocenters. The van der Waals surface area contributed by atoms with E-state index in [1.165, 1.54) is 0 Å². The highest BCUT2D eigenvalue weighted by molar-refractivity contribution is 7.98. The molecule has 1 aromatic heterocycles. The van der Waals surface area contributed by atoms with Gasteiger partial charge in [-0.1, -0.05) is 73.1 Å². The molecule has 0 spiro atoms. The van der Waals surface area contributed by atoms with Gasteiger partial charge in [0.25, 0.3) is 0 Å². The van der Waals surface area contributed by atoms with E-state index in [-0.39, 0.29) is 5.92 Å². The van der Waals surface area contributed by atoms with Crippen molar-refractivity contribution >= 4 is 41.1 Å². The Morgan fingerprint density at radius 2 is 1.88 bits per heavy atom. The van der Waals surface area contributed by atoms with E-state index in [0.717, 1.165) is 11.1 Å². The van der Waals surface area contributed by atoms with Crippen LogP contribution >= 0.6 is 23.4 Å². The average Bonchev–Trinajstić information content (AvgIpc) is 3.21. The number of hydrogen-bond acceptors (Lipinski definition) is 6. The van der Waals surface area contributed by atoms with E-state index in [2.05, 4.69) is 10.5 Å². The Morgan fingerprint density at radius 3 is 2.53 bits per heavy atom. The summed E-state index contributed by atoms with van der Waals surface area (Å²) < 4.78 is 11.1. The van der Waals surface area contributed by atoms with Gasteiger partial charge in [-0.15, -0.1) is 0 Å². The van der Waals surface area contributed by atoms with E-state index < -0.39 is 18.2 Å². The number of amides is 1. The first kappa shape index (κ1) is 25.6. The summed E-state index contributed by atoms with van der Waals surface area (Å²) in [6.07, 6.45) is -0.606. The van der Waals surface area contributed by atoms with Crippen LogP contribution in [0.5, 0.6) is 0 Å². The second-order valence-corrected chi connectivity index (χ2v) is 9.27. The molecule has 2 aromatic carbocycles. The van der Waals surface area contributed by atoms with Crippen molar-refractivity contribution in [3.8, 4) is 11.3 Å². The van der Waals surface area contributed by atoms with Crippen LogP contribution in [0.1, 0.15) is 43.7 Å². The highest BCUT2D eigenvalue weighted by Gasteiger charge is 2.21. The van der Waals surface area contributed by atoms with Gasteiger partial charge in [-0.3, -0.25) is 10.1 Å². The minimum atomic E-state index is -0.792. The first-order valence-corrected chi connectivity index (χ1v) is 12.4. The Balaban J connectivity index is 1.69. The van der Waals surface area contributed by atoms with Gasteiger partial charge in [-0.05, 0) is 25.0 Å². The van der Waals surface area contributed by atoms with Crippen LogP contribution in [0.25, 0.3) is 11.3 Å². The number of benzene rings is 2. The normalized spacial score (nSPS) is 12.7. The number of carbonyl (C=O) groups is 2. The average molecular weight is 503 g/mol. The summed E-state index contributed by atoms with van der Waals surface area (Å²) in [6, 6.07) is 14.9. The first-order chi connectivity index (χ1) is 16.3. The van der Waals surface area contributed by atoms with Crippen LogP contribution in [0.4, 0.5) is 10.5 Å². The molecular formula is C25H27ClN2O5S. The fourth-order valence-electron chi connectivity index (χ4n) is 3.23. The summed E-state index contributed by atoms with van der Waals surface area (Å²) in [5.41, 5.74) is 3.61. The van der Waals surface area contributed by atoms with E-state index in [9.17, 15) is 9.59 Å². The molecule has 3 rings (SSSR count). The van der Waals surface area contributed by atoms with Crippen molar-refractivity contribution in [1.29, 1.82) is 0 Å². The molecule has 34 heavy (non-hydrogen) atoms. The molecule has 0 saturated carbocycles. The van der Waals surface area contributed by atoms with Gasteiger partial charge in [-0.2, -0.15) is 11.8 Å². The van der Waals surface area contributed by atoms with Crippen molar-refractivity contribution in [2.45, 2.75) is 39.0 Å². The fourth-order valence-corrected chi connectivity index (χ4v) is 4.56. The maximum atomic E-state index is 12.6. The van der Waals surface area contributed by atoms with Gasteiger partial charge in [-0.25, -0.2) is 4.79 Å². The van der Waals surface area contributed by atoms with Gasteiger partial charge in [0.2, 0.25) is 0 Å². The monoisotopic (exact) mass is 502 g/mol. The maximum Gasteiger partial charge on any atom is 0.412 e. The summed E-state index contributed by atoms with van der Waals surface area (Å²) >= 11 is 7.78. The summed E-state index contributed by atoms with van der Waals surface area (Å²) in [7, 11) is 0. The number of carbonyl (C=O) groups excluding carboxylic acids is 1. The van der Waals surface area contributed by atoms with Crippen LogP contribution in [-0.2, 0) is 21.7 Å². The minimum absolute atomic E-state index is 0.389. The molecule has 2 N–H and O–H groups in total. The highest BCUT2D eigenvalue weighted by atomic mass is 35.5. The number of nitrogens with zero attached hydrogens (tertiary/aromatic N) is 1. The lowest BCUT2D eigenvalue weighted by Crippen LogP contribution is -2.17. The number of aryl methyl sites for hydroxylation is 1. The second-order valence-electron chi connectivity index (χ2n) is 7.83. The molecular weight excluding hydrogens is 476 g/mol. The van der Waals surface area contributed by atoms with E-state index in [0.29, 0.717) is 45.7 Å². The number of anilines is 1. The second kappa shape index (κ2) is 11.9. The number of aromatic nitrogens is 1. The standard InChI is InChI=1S/C25H27ClN2O5S/c1-4-21-22(27-25(31)32-16(3)19-7-5-6-8-20(19)26)23(33-28-21)18-11-9-17(10-12-18)14-34-13-15(2)24(29)30/h5-12,15-16H,4,13-14H2,1-3H3,(H,27,31)(H,29,30). The lowest BCUT2D eigenvalue weighted by Gasteiger charge is -2.15. The molecule has 0 fully saturated rings. The first-order valence-electron chi connectivity index (χ1n) is 10.9. The predicted molar refractivity (Wildman–Crippen MR) is 134 cm³/mol. The smallest absolute Gasteiger partial charge is 0.412 e. The number of aliphatic carboxylic acids is 1. The number of hydrogen-bond donors (Lipinski definition) is 2. The molecule has 0 bridgehead atoms. The van der Waals surface area contributed by atoms with Crippen molar-refractivity contribution < 1.29 is 24.0 Å². The lowest BCUT2D eigenvalue weighted by atomic mass is 10.1. The zero-order valence-corrected chi connectivity index (χ0v) is 20.8. The number of rotatable bonds is 10.